The Bertz CT molecular complexity index is 438. The van der Waals surface area contributed by atoms with Crippen LogP contribution in [0.1, 0.15) is 18.4 Å². The topological polar surface area (TPSA) is 65.2 Å². The predicted octanol–water partition coefficient (Wildman–Crippen LogP) is 0.494. The minimum absolute atomic E-state index is 0.0716. The maximum atomic E-state index is 11.8. The van der Waals surface area contributed by atoms with E-state index in [1.54, 1.807) is 0 Å². The van der Waals surface area contributed by atoms with Gasteiger partial charge in [0.05, 0.1) is 6.04 Å². The highest BCUT2D eigenvalue weighted by Gasteiger charge is 2.44. The normalized spacial score (nSPS) is 21.1. The molecule has 1 aromatic rings. The van der Waals surface area contributed by atoms with E-state index in [1.807, 2.05) is 6.07 Å². The van der Waals surface area contributed by atoms with Crippen molar-refractivity contribution in [2.45, 2.75) is 24.3 Å². The number of hydrogen-bond donors (Lipinski definition) is 4. The van der Waals surface area contributed by atoms with E-state index in [2.05, 4.69) is 45.8 Å². The van der Waals surface area contributed by atoms with Gasteiger partial charge in [-0.25, -0.2) is 4.79 Å². The van der Waals surface area contributed by atoms with E-state index < -0.39 is 0 Å². The average Bonchev–Trinajstić information content (AvgIpc) is 3.08. The molecule has 0 unspecified atom stereocenters. The fraction of sp³-hybridized carbons (Fsp3) is 0.500. The molecule has 0 aromatic heterocycles. The number of benzene rings is 1. The lowest BCUT2D eigenvalue weighted by Crippen LogP contribution is -2.46. The van der Waals surface area contributed by atoms with Crippen molar-refractivity contribution in [1.29, 1.82) is 0 Å². The molecule has 1 aliphatic carbocycles. The van der Waals surface area contributed by atoms with Crippen LogP contribution in [-0.2, 0) is 5.41 Å². The molecule has 0 bridgehead atoms. The molecule has 2 fully saturated rings. The van der Waals surface area contributed by atoms with Crippen LogP contribution in [0.4, 0.5) is 4.79 Å². The Labute approximate surface area is 113 Å². The van der Waals surface area contributed by atoms with Gasteiger partial charge in [-0.2, -0.15) is 0 Å². The first-order valence-electron chi connectivity index (χ1n) is 6.84. The molecule has 0 spiro atoms. The molecule has 1 heterocycles. The van der Waals surface area contributed by atoms with Crippen LogP contribution in [0, 0.1) is 0 Å². The zero-order valence-corrected chi connectivity index (χ0v) is 10.9. The van der Waals surface area contributed by atoms with Gasteiger partial charge in [-0.15, -0.1) is 0 Å². The second-order valence-corrected chi connectivity index (χ2v) is 5.43. The summed E-state index contributed by atoms with van der Waals surface area (Å²) in [5.41, 5.74) is 7.50. The lowest BCUT2D eigenvalue weighted by molar-refractivity contribution is 0.237. The van der Waals surface area contributed by atoms with E-state index in [0.717, 1.165) is 32.5 Å². The number of carbonyl (C=O) groups excluding carboxylic acids is 1. The molecule has 5 nitrogen and oxygen atoms in total. The average molecular weight is 260 g/mol. The summed E-state index contributed by atoms with van der Waals surface area (Å²) < 4.78 is 0. The summed E-state index contributed by atoms with van der Waals surface area (Å²) in [6, 6.07) is 10.6. The Kier molecular flexibility index (Phi) is 3.40. The van der Waals surface area contributed by atoms with Crippen LogP contribution in [-0.4, -0.2) is 31.7 Å². The first-order valence-corrected chi connectivity index (χ1v) is 6.84. The summed E-state index contributed by atoms with van der Waals surface area (Å²) in [7, 11) is 0. The van der Waals surface area contributed by atoms with Crippen LogP contribution in [0.3, 0.4) is 0 Å². The van der Waals surface area contributed by atoms with Crippen LogP contribution in [0.25, 0.3) is 0 Å². The molecule has 0 atom stereocenters. The lowest BCUT2D eigenvalue weighted by atomic mass is 9.96. The van der Waals surface area contributed by atoms with E-state index in [-0.39, 0.29) is 17.5 Å². The minimum atomic E-state index is -0.0716. The Hall–Kier alpha value is -1.59. The van der Waals surface area contributed by atoms with Crippen LogP contribution in [0.5, 0.6) is 0 Å². The second kappa shape index (κ2) is 5.19. The molecular weight excluding hydrogens is 240 g/mol. The van der Waals surface area contributed by atoms with Crippen LogP contribution in [0.2, 0.25) is 0 Å². The zero-order valence-electron chi connectivity index (χ0n) is 10.9. The molecule has 0 radical (unpaired) electrons. The van der Waals surface area contributed by atoms with E-state index in [1.165, 1.54) is 5.56 Å². The Morgan fingerprint density at radius 3 is 2.53 bits per heavy atom. The van der Waals surface area contributed by atoms with Gasteiger partial charge in [0.2, 0.25) is 0 Å². The number of hydrazine groups is 1. The maximum absolute atomic E-state index is 11.8. The molecule has 2 aliphatic rings. The molecule has 5 heteroatoms. The molecular formula is C14H20N4O. The van der Waals surface area contributed by atoms with Gasteiger partial charge in [0.15, 0.2) is 0 Å². The summed E-state index contributed by atoms with van der Waals surface area (Å²) >= 11 is 0. The van der Waals surface area contributed by atoms with E-state index >= 15 is 0 Å². The summed E-state index contributed by atoms with van der Waals surface area (Å²) in [6.45, 7) is 2.27. The quantitative estimate of drug-likeness (QED) is 0.637. The Morgan fingerprint density at radius 2 is 1.89 bits per heavy atom. The van der Waals surface area contributed by atoms with Crippen molar-refractivity contribution in [3.8, 4) is 0 Å². The van der Waals surface area contributed by atoms with Crippen LogP contribution < -0.4 is 21.5 Å². The maximum Gasteiger partial charge on any atom is 0.315 e. The van der Waals surface area contributed by atoms with Crippen LogP contribution >= 0.6 is 0 Å². The van der Waals surface area contributed by atoms with Gasteiger partial charge < -0.3 is 10.6 Å². The van der Waals surface area contributed by atoms with Gasteiger partial charge in [-0.3, -0.25) is 10.9 Å². The molecule has 102 valence electrons. The third kappa shape index (κ3) is 2.88. The standard InChI is InChI=1S/C14H20N4O/c19-13(18-12-8-16-17-9-12)15-10-14(6-7-14)11-4-2-1-3-5-11/h1-5,12,16-17H,6-10H2,(H2,15,18,19). The summed E-state index contributed by atoms with van der Waals surface area (Å²) in [5, 5.41) is 5.96. The highest BCUT2D eigenvalue weighted by Crippen LogP contribution is 2.47. The van der Waals surface area contributed by atoms with Gasteiger partial charge in [0, 0.05) is 25.0 Å². The minimum Gasteiger partial charge on any atom is -0.337 e. The number of hydrogen-bond acceptors (Lipinski definition) is 3. The van der Waals surface area contributed by atoms with Gasteiger partial charge in [0.25, 0.3) is 0 Å². The van der Waals surface area contributed by atoms with Crippen molar-refractivity contribution in [1.82, 2.24) is 21.5 Å². The molecule has 1 saturated heterocycles. The highest BCUT2D eigenvalue weighted by molar-refractivity contribution is 5.74. The first kappa shape index (κ1) is 12.4. The van der Waals surface area contributed by atoms with Gasteiger partial charge in [-0.05, 0) is 18.4 Å². The van der Waals surface area contributed by atoms with E-state index in [9.17, 15) is 4.79 Å². The zero-order chi connectivity index (χ0) is 13.1. The second-order valence-electron chi connectivity index (χ2n) is 5.43. The number of urea groups is 1. The summed E-state index contributed by atoms with van der Waals surface area (Å²) in [5.74, 6) is 0. The molecule has 1 saturated carbocycles. The number of amides is 2. The fourth-order valence-electron chi connectivity index (χ4n) is 2.56. The Morgan fingerprint density at radius 1 is 1.21 bits per heavy atom. The monoisotopic (exact) mass is 260 g/mol. The Balaban J connectivity index is 1.50. The van der Waals surface area contributed by atoms with E-state index in [0.29, 0.717) is 0 Å². The van der Waals surface area contributed by atoms with Gasteiger partial charge in [-0.1, -0.05) is 30.3 Å². The van der Waals surface area contributed by atoms with Crippen molar-refractivity contribution in [2.75, 3.05) is 19.6 Å². The molecule has 2 amide bonds. The molecule has 3 rings (SSSR count). The largest absolute Gasteiger partial charge is 0.337 e. The number of carbonyl (C=O) groups is 1. The van der Waals surface area contributed by atoms with Crippen molar-refractivity contribution < 1.29 is 4.79 Å². The fourth-order valence-corrected chi connectivity index (χ4v) is 2.56. The summed E-state index contributed by atoms with van der Waals surface area (Å²) in [4.78, 5) is 11.8. The van der Waals surface area contributed by atoms with Crippen molar-refractivity contribution in [3.05, 3.63) is 35.9 Å². The molecule has 1 aliphatic heterocycles. The molecule has 19 heavy (non-hydrogen) atoms. The smallest absolute Gasteiger partial charge is 0.315 e. The highest BCUT2D eigenvalue weighted by atomic mass is 16.2. The van der Waals surface area contributed by atoms with Gasteiger partial charge >= 0.3 is 6.03 Å². The van der Waals surface area contributed by atoms with Crippen molar-refractivity contribution >= 4 is 6.03 Å². The first-order chi connectivity index (χ1) is 9.28. The van der Waals surface area contributed by atoms with Gasteiger partial charge in [0.1, 0.15) is 0 Å². The van der Waals surface area contributed by atoms with Crippen molar-refractivity contribution in [2.24, 2.45) is 0 Å². The molecule has 4 N–H and O–H groups in total. The van der Waals surface area contributed by atoms with Crippen LogP contribution in [0.15, 0.2) is 30.3 Å². The summed E-state index contributed by atoms with van der Waals surface area (Å²) in [6.07, 6.45) is 2.31. The van der Waals surface area contributed by atoms with E-state index in [4.69, 9.17) is 0 Å². The third-order valence-electron chi connectivity index (χ3n) is 3.98. The lowest BCUT2D eigenvalue weighted by Gasteiger charge is -2.18. The SMILES string of the molecule is O=C(NCC1(c2ccccc2)CC1)NC1CNNC1. The third-order valence-corrected chi connectivity index (χ3v) is 3.98. The van der Waals surface area contributed by atoms with Crippen molar-refractivity contribution in [3.63, 3.8) is 0 Å². The predicted molar refractivity (Wildman–Crippen MR) is 73.7 cm³/mol. The molecule has 1 aromatic carbocycles. The number of nitrogens with one attached hydrogen (secondary N) is 4. The number of rotatable bonds is 4.